The van der Waals surface area contributed by atoms with E-state index in [4.69, 9.17) is 4.52 Å². The zero-order valence-corrected chi connectivity index (χ0v) is 13.6. The molecule has 122 valence electrons. The van der Waals surface area contributed by atoms with Gasteiger partial charge in [0.25, 0.3) is 5.91 Å². The molecule has 0 aromatic carbocycles. The van der Waals surface area contributed by atoms with E-state index in [-0.39, 0.29) is 11.9 Å². The van der Waals surface area contributed by atoms with Crippen molar-refractivity contribution in [3.8, 4) is 0 Å². The van der Waals surface area contributed by atoms with Crippen molar-refractivity contribution in [3.05, 3.63) is 35.2 Å². The molecule has 0 bridgehead atoms. The van der Waals surface area contributed by atoms with Crippen molar-refractivity contribution >= 4 is 5.91 Å². The maximum absolute atomic E-state index is 12.6. The lowest BCUT2D eigenvalue weighted by molar-refractivity contribution is 0.0777. The first kappa shape index (κ1) is 15.5. The number of aromatic nitrogens is 4. The molecule has 1 amide bonds. The Labute approximate surface area is 134 Å². The number of carbonyl (C=O) groups is 1. The van der Waals surface area contributed by atoms with Crippen molar-refractivity contribution in [1.29, 1.82) is 0 Å². The van der Waals surface area contributed by atoms with Gasteiger partial charge in [-0.05, 0) is 26.5 Å². The second-order valence-electron chi connectivity index (χ2n) is 5.87. The average molecular weight is 316 g/mol. The van der Waals surface area contributed by atoms with Crippen LogP contribution in [0, 0.1) is 13.8 Å². The van der Waals surface area contributed by atoms with Crippen LogP contribution in [-0.2, 0) is 6.54 Å². The second-order valence-corrected chi connectivity index (χ2v) is 5.87. The third-order valence-corrected chi connectivity index (χ3v) is 4.17. The van der Waals surface area contributed by atoms with Gasteiger partial charge < -0.3 is 9.42 Å². The molecule has 2 aromatic rings. The number of nitrogens with zero attached hydrogens (tertiary/aromatic N) is 6. The topological polar surface area (TPSA) is 88.3 Å². The summed E-state index contributed by atoms with van der Waals surface area (Å²) in [4.78, 5) is 20.8. The van der Waals surface area contributed by atoms with Crippen molar-refractivity contribution in [2.24, 2.45) is 0 Å². The van der Waals surface area contributed by atoms with Gasteiger partial charge in [0.2, 0.25) is 5.89 Å². The van der Waals surface area contributed by atoms with Crippen LogP contribution in [-0.4, -0.2) is 62.2 Å². The largest absolute Gasteiger partial charge is 0.340 e. The van der Waals surface area contributed by atoms with E-state index >= 15 is 0 Å². The van der Waals surface area contributed by atoms with E-state index in [0.29, 0.717) is 36.1 Å². The molecule has 1 atom stereocenters. The molecule has 0 spiro atoms. The third kappa shape index (κ3) is 3.37. The van der Waals surface area contributed by atoms with Gasteiger partial charge >= 0.3 is 0 Å². The Bertz CT molecular complexity index is 701. The molecule has 0 radical (unpaired) electrons. The lowest BCUT2D eigenvalue weighted by Crippen LogP contribution is -2.36. The molecule has 23 heavy (non-hydrogen) atoms. The standard InChI is InChI=1S/C15H20N6O2/c1-10-13(4-6-16-18-10)15(22)21-7-5-12(8-21)20(3)9-14-17-11(2)23-19-14/h4,6,12H,5,7-9H2,1-3H3. The van der Waals surface area contributed by atoms with Crippen LogP contribution in [0.3, 0.4) is 0 Å². The second kappa shape index (κ2) is 6.41. The van der Waals surface area contributed by atoms with Crippen LogP contribution in [0.25, 0.3) is 0 Å². The van der Waals surface area contributed by atoms with Gasteiger partial charge in [-0.25, -0.2) is 0 Å². The van der Waals surface area contributed by atoms with Crippen LogP contribution < -0.4 is 0 Å². The first-order valence-electron chi connectivity index (χ1n) is 7.61. The van der Waals surface area contributed by atoms with Crippen LogP contribution in [0.2, 0.25) is 0 Å². The first-order chi connectivity index (χ1) is 11.0. The molecule has 8 nitrogen and oxygen atoms in total. The van der Waals surface area contributed by atoms with Crippen LogP contribution in [0.15, 0.2) is 16.8 Å². The van der Waals surface area contributed by atoms with Gasteiger partial charge in [0.05, 0.1) is 24.0 Å². The number of aryl methyl sites for hydroxylation is 2. The van der Waals surface area contributed by atoms with Crippen molar-refractivity contribution in [2.45, 2.75) is 32.9 Å². The molecule has 1 unspecified atom stereocenters. The molecule has 0 N–H and O–H groups in total. The first-order valence-corrected chi connectivity index (χ1v) is 7.61. The SMILES string of the molecule is Cc1nc(CN(C)C2CCN(C(=O)c3ccnnc3C)C2)no1. The molecule has 3 rings (SSSR count). The van der Waals surface area contributed by atoms with Crippen molar-refractivity contribution in [1.82, 2.24) is 30.1 Å². The minimum atomic E-state index is 0.0173. The minimum absolute atomic E-state index is 0.0173. The number of likely N-dealkylation sites (tertiary alicyclic amines) is 1. The van der Waals surface area contributed by atoms with Crippen LogP contribution in [0.1, 0.15) is 34.2 Å². The number of amides is 1. The third-order valence-electron chi connectivity index (χ3n) is 4.17. The molecule has 1 aliphatic heterocycles. The van der Waals surface area contributed by atoms with E-state index in [1.165, 1.54) is 0 Å². The minimum Gasteiger partial charge on any atom is -0.340 e. The van der Waals surface area contributed by atoms with Crippen molar-refractivity contribution < 1.29 is 9.32 Å². The van der Waals surface area contributed by atoms with Crippen molar-refractivity contribution in [3.63, 3.8) is 0 Å². The monoisotopic (exact) mass is 316 g/mol. The average Bonchev–Trinajstić information content (AvgIpc) is 3.16. The highest BCUT2D eigenvalue weighted by molar-refractivity contribution is 5.95. The number of likely N-dealkylation sites (N-methyl/N-ethyl adjacent to an activating group) is 1. The lowest BCUT2D eigenvalue weighted by atomic mass is 10.2. The van der Waals surface area contributed by atoms with Gasteiger partial charge in [0.15, 0.2) is 5.82 Å². The summed E-state index contributed by atoms with van der Waals surface area (Å²) in [5.74, 6) is 1.25. The van der Waals surface area contributed by atoms with Crippen LogP contribution in [0.5, 0.6) is 0 Å². The smallest absolute Gasteiger partial charge is 0.255 e. The molecule has 0 saturated carbocycles. The van der Waals surface area contributed by atoms with E-state index in [9.17, 15) is 4.79 Å². The molecule has 1 fully saturated rings. The van der Waals surface area contributed by atoms with Gasteiger partial charge in [-0.3, -0.25) is 9.69 Å². The molecule has 0 aliphatic carbocycles. The predicted molar refractivity (Wildman–Crippen MR) is 81.6 cm³/mol. The summed E-state index contributed by atoms with van der Waals surface area (Å²) in [5, 5.41) is 11.7. The molecule has 2 aromatic heterocycles. The fourth-order valence-corrected chi connectivity index (χ4v) is 2.84. The summed E-state index contributed by atoms with van der Waals surface area (Å²) in [6.45, 7) is 5.62. The van der Waals surface area contributed by atoms with E-state index in [1.54, 1.807) is 26.1 Å². The Hall–Kier alpha value is -2.35. The summed E-state index contributed by atoms with van der Waals surface area (Å²) in [7, 11) is 2.02. The fraction of sp³-hybridized carbons (Fsp3) is 0.533. The predicted octanol–water partition coefficient (Wildman–Crippen LogP) is 0.823. The number of hydrogen-bond donors (Lipinski definition) is 0. The van der Waals surface area contributed by atoms with Gasteiger partial charge in [0, 0.05) is 26.1 Å². The Kier molecular flexibility index (Phi) is 4.33. The summed E-state index contributed by atoms with van der Waals surface area (Å²) < 4.78 is 4.99. The summed E-state index contributed by atoms with van der Waals surface area (Å²) in [6.07, 6.45) is 2.48. The van der Waals surface area contributed by atoms with Gasteiger partial charge in [-0.15, -0.1) is 0 Å². The Morgan fingerprint density at radius 3 is 3.00 bits per heavy atom. The maximum atomic E-state index is 12.6. The Morgan fingerprint density at radius 2 is 2.30 bits per heavy atom. The molecule has 1 saturated heterocycles. The van der Waals surface area contributed by atoms with Crippen LogP contribution in [0.4, 0.5) is 0 Å². The summed E-state index contributed by atoms with van der Waals surface area (Å²) in [6, 6.07) is 2.01. The Balaban J connectivity index is 1.61. The molecular formula is C15H20N6O2. The quantitative estimate of drug-likeness (QED) is 0.825. The zero-order valence-electron chi connectivity index (χ0n) is 13.6. The summed E-state index contributed by atoms with van der Waals surface area (Å²) in [5.41, 5.74) is 1.29. The molecular weight excluding hydrogens is 296 g/mol. The normalized spacial score (nSPS) is 17.9. The molecule has 1 aliphatic rings. The van der Waals surface area contributed by atoms with Gasteiger partial charge in [-0.2, -0.15) is 15.2 Å². The zero-order chi connectivity index (χ0) is 16.4. The van der Waals surface area contributed by atoms with Gasteiger partial charge in [0.1, 0.15) is 0 Å². The fourth-order valence-electron chi connectivity index (χ4n) is 2.84. The van der Waals surface area contributed by atoms with E-state index in [1.807, 2.05) is 11.9 Å². The molecule has 8 heteroatoms. The highest BCUT2D eigenvalue weighted by Gasteiger charge is 2.30. The number of rotatable bonds is 4. The van der Waals surface area contributed by atoms with Crippen LogP contribution >= 0.6 is 0 Å². The lowest BCUT2D eigenvalue weighted by Gasteiger charge is -2.23. The van der Waals surface area contributed by atoms with Crippen molar-refractivity contribution in [2.75, 3.05) is 20.1 Å². The number of carbonyl (C=O) groups excluding carboxylic acids is 1. The highest BCUT2D eigenvalue weighted by Crippen LogP contribution is 2.19. The number of hydrogen-bond acceptors (Lipinski definition) is 7. The molecule has 3 heterocycles. The van der Waals surface area contributed by atoms with E-state index in [2.05, 4.69) is 25.2 Å². The van der Waals surface area contributed by atoms with E-state index < -0.39 is 0 Å². The summed E-state index contributed by atoms with van der Waals surface area (Å²) >= 11 is 0. The maximum Gasteiger partial charge on any atom is 0.255 e. The Morgan fingerprint density at radius 1 is 1.48 bits per heavy atom. The highest BCUT2D eigenvalue weighted by atomic mass is 16.5. The van der Waals surface area contributed by atoms with Gasteiger partial charge in [-0.1, -0.05) is 5.16 Å². The van der Waals surface area contributed by atoms with E-state index in [0.717, 1.165) is 13.0 Å².